The molecule has 0 heterocycles. The van der Waals surface area contributed by atoms with Crippen LogP contribution in [0.25, 0.3) is 0 Å². The van der Waals surface area contributed by atoms with Gasteiger partial charge in [0.05, 0.1) is 0 Å². The number of allylic oxidation sites excluding steroid dienone is 1. The molecule has 0 aromatic carbocycles. The Morgan fingerprint density at radius 2 is 2.23 bits per heavy atom. The van der Waals surface area contributed by atoms with Crippen LogP contribution in [0.1, 0.15) is 45.4 Å². The third-order valence-electron chi connectivity index (χ3n) is 1.82. The molecule has 0 saturated heterocycles. The van der Waals surface area contributed by atoms with Gasteiger partial charge in [0, 0.05) is 6.42 Å². The van der Waals surface area contributed by atoms with Crippen LogP contribution in [0.4, 0.5) is 0 Å². The zero-order valence-corrected chi connectivity index (χ0v) is 8.55. The van der Waals surface area contributed by atoms with Crippen LogP contribution >= 0.6 is 0 Å². The fraction of sp³-hybridized carbons (Fsp3) is 0.667. The summed E-state index contributed by atoms with van der Waals surface area (Å²) in [4.78, 5) is 0. The van der Waals surface area contributed by atoms with E-state index in [2.05, 4.69) is 25.3 Å². The molecule has 13 heavy (non-hydrogen) atoms. The van der Waals surface area contributed by atoms with Gasteiger partial charge >= 0.3 is 0 Å². The summed E-state index contributed by atoms with van der Waals surface area (Å²) in [5.74, 6) is 5.83. The first-order valence-corrected chi connectivity index (χ1v) is 5.08. The van der Waals surface area contributed by atoms with Crippen molar-refractivity contribution in [3.63, 3.8) is 0 Å². The fourth-order valence-electron chi connectivity index (χ4n) is 1.00. The third-order valence-corrected chi connectivity index (χ3v) is 1.82. The summed E-state index contributed by atoms with van der Waals surface area (Å²) < 4.78 is 0. The Balaban J connectivity index is 3.39. The van der Waals surface area contributed by atoms with Gasteiger partial charge in [-0.1, -0.05) is 31.8 Å². The lowest BCUT2D eigenvalue weighted by Gasteiger charge is -1.98. The van der Waals surface area contributed by atoms with Crippen molar-refractivity contribution in [2.24, 2.45) is 0 Å². The van der Waals surface area contributed by atoms with Gasteiger partial charge in [-0.25, -0.2) is 0 Å². The van der Waals surface area contributed by atoms with Crippen molar-refractivity contribution in [2.75, 3.05) is 0 Å². The van der Waals surface area contributed by atoms with Crippen molar-refractivity contribution >= 4 is 0 Å². The fourth-order valence-corrected chi connectivity index (χ4v) is 1.00. The first-order valence-electron chi connectivity index (χ1n) is 5.08. The van der Waals surface area contributed by atoms with Gasteiger partial charge in [0.2, 0.25) is 0 Å². The number of rotatable bonds is 6. The Morgan fingerprint density at radius 3 is 2.85 bits per heavy atom. The van der Waals surface area contributed by atoms with Gasteiger partial charge in [0.15, 0.2) is 0 Å². The Kier molecular flexibility index (Phi) is 8.82. The Morgan fingerprint density at radius 1 is 1.46 bits per heavy atom. The molecular weight excluding hydrogens is 160 g/mol. The minimum Gasteiger partial charge on any atom is -0.380 e. The summed E-state index contributed by atoms with van der Waals surface area (Å²) in [5, 5.41) is 9.32. The van der Waals surface area contributed by atoms with Crippen molar-refractivity contribution in [1.29, 1.82) is 0 Å². The van der Waals surface area contributed by atoms with Gasteiger partial charge < -0.3 is 5.11 Å². The molecule has 0 rings (SSSR count). The Labute approximate surface area is 81.9 Å². The van der Waals surface area contributed by atoms with Crippen LogP contribution in [-0.2, 0) is 0 Å². The maximum Gasteiger partial charge on any atom is 0.115 e. The van der Waals surface area contributed by atoms with Crippen LogP contribution in [0.2, 0.25) is 0 Å². The van der Waals surface area contributed by atoms with Gasteiger partial charge in [-0.3, -0.25) is 0 Å². The van der Waals surface area contributed by atoms with Crippen LogP contribution in [0, 0.1) is 11.8 Å². The molecule has 1 nitrogen and oxygen atoms in total. The van der Waals surface area contributed by atoms with Crippen LogP contribution in [0.15, 0.2) is 12.7 Å². The lowest BCUT2D eigenvalue weighted by molar-refractivity contribution is 0.223. The molecule has 0 aromatic rings. The molecule has 1 heteroatoms. The Hall–Kier alpha value is -0.740. The summed E-state index contributed by atoms with van der Waals surface area (Å²) in [6.45, 7) is 5.77. The first kappa shape index (κ1) is 12.3. The minimum absolute atomic E-state index is 0.459. The van der Waals surface area contributed by atoms with Crippen LogP contribution in [0.5, 0.6) is 0 Å². The number of unbranched alkanes of at least 4 members (excludes halogenated alkanes) is 3. The van der Waals surface area contributed by atoms with E-state index in [4.69, 9.17) is 0 Å². The molecule has 0 spiro atoms. The topological polar surface area (TPSA) is 20.2 Å². The molecule has 0 bridgehead atoms. The molecule has 0 aliphatic heterocycles. The van der Waals surface area contributed by atoms with E-state index >= 15 is 0 Å². The quantitative estimate of drug-likeness (QED) is 0.378. The molecule has 0 aliphatic carbocycles. The third kappa shape index (κ3) is 9.17. The summed E-state index contributed by atoms with van der Waals surface area (Å²) in [7, 11) is 0. The zero-order valence-electron chi connectivity index (χ0n) is 8.55. The molecular formula is C12H20O. The first-order chi connectivity index (χ1) is 6.31. The highest BCUT2D eigenvalue weighted by Gasteiger charge is 1.94. The SMILES string of the molecule is C=CCCC(O)C#CCCCCC. The second-order valence-corrected chi connectivity index (χ2v) is 3.16. The number of hydrogen-bond donors (Lipinski definition) is 1. The molecule has 0 fully saturated rings. The predicted octanol–water partition coefficient (Wildman–Crippen LogP) is 2.90. The smallest absolute Gasteiger partial charge is 0.115 e. The van der Waals surface area contributed by atoms with E-state index in [0.29, 0.717) is 6.42 Å². The predicted molar refractivity (Wildman–Crippen MR) is 57.4 cm³/mol. The molecule has 0 aliphatic rings. The molecule has 0 radical (unpaired) electrons. The van der Waals surface area contributed by atoms with E-state index in [9.17, 15) is 5.11 Å². The highest BCUT2D eigenvalue weighted by atomic mass is 16.3. The lowest BCUT2D eigenvalue weighted by Crippen LogP contribution is -2.01. The second-order valence-electron chi connectivity index (χ2n) is 3.16. The summed E-state index contributed by atoms with van der Waals surface area (Å²) in [6.07, 6.45) is 7.42. The summed E-state index contributed by atoms with van der Waals surface area (Å²) in [6, 6.07) is 0. The highest BCUT2D eigenvalue weighted by molar-refractivity contribution is 5.04. The zero-order chi connectivity index (χ0) is 9.94. The standard InChI is InChI=1S/C12H20O/c1-3-5-7-8-9-11-12(13)10-6-4-2/h4,12-13H,2-3,5-8,10H2,1H3. The Bertz CT molecular complexity index is 173. The normalized spacial score (nSPS) is 11.5. The minimum atomic E-state index is -0.459. The molecule has 74 valence electrons. The summed E-state index contributed by atoms with van der Waals surface area (Å²) in [5.41, 5.74) is 0. The lowest BCUT2D eigenvalue weighted by atomic mass is 10.1. The molecule has 1 N–H and O–H groups in total. The molecule has 0 aromatic heterocycles. The van der Waals surface area contributed by atoms with E-state index < -0.39 is 6.10 Å². The van der Waals surface area contributed by atoms with E-state index in [1.54, 1.807) is 0 Å². The average molecular weight is 180 g/mol. The molecule has 0 saturated carbocycles. The maximum atomic E-state index is 9.32. The van der Waals surface area contributed by atoms with Crippen molar-refractivity contribution in [2.45, 2.75) is 51.6 Å². The highest BCUT2D eigenvalue weighted by Crippen LogP contribution is 1.99. The van der Waals surface area contributed by atoms with E-state index in [1.807, 2.05) is 6.08 Å². The van der Waals surface area contributed by atoms with Crippen LogP contribution < -0.4 is 0 Å². The van der Waals surface area contributed by atoms with Gasteiger partial charge in [-0.05, 0) is 19.3 Å². The second kappa shape index (κ2) is 9.35. The average Bonchev–Trinajstić information content (AvgIpc) is 2.14. The van der Waals surface area contributed by atoms with E-state index in [-0.39, 0.29) is 0 Å². The maximum absolute atomic E-state index is 9.32. The van der Waals surface area contributed by atoms with Gasteiger partial charge in [0.25, 0.3) is 0 Å². The number of hydrogen-bond acceptors (Lipinski definition) is 1. The monoisotopic (exact) mass is 180 g/mol. The largest absolute Gasteiger partial charge is 0.380 e. The van der Waals surface area contributed by atoms with Gasteiger partial charge in [0.1, 0.15) is 6.10 Å². The number of aliphatic hydroxyl groups is 1. The van der Waals surface area contributed by atoms with Crippen molar-refractivity contribution in [1.82, 2.24) is 0 Å². The van der Waals surface area contributed by atoms with Gasteiger partial charge in [-0.2, -0.15) is 0 Å². The van der Waals surface area contributed by atoms with Crippen molar-refractivity contribution in [3.05, 3.63) is 12.7 Å². The molecule has 1 atom stereocenters. The molecule has 1 unspecified atom stereocenters. The van der Waals surface area contributed by atoms with Crippen molar-refractivity contribution < 1.29 is 5.11 Å². The summed E-state index contributed by atoms with van der Waals surface area (Å²) >= 11 is 0. The van der Waals surface area contributed by atoms with Crippen LogP contribution in [-0.4, -0.2) is 11.2 Å². The van der Waals surface area contributed by atoms with E-state index in [0.717, 1.165) is 19.3 Å². The van der Waals surface area contributed by atoms with E-state index in [1.165, 1.54) is 12.8 Å². The van der Waals surface area contributed by atoms with Gasteiger partial charge in [-0.15, -0.1) is 12.5 Å². The van der Waals surface area contributed by atoms with Crippen molar-refractivity contribution in [3.8, 4) is 11.8 Å². The van der Waals surface area contributed by atoms with Crippen LogP contribution in [0.3, 0.4) is 0 Å². The molecule has 0 amide bonds. The number of aliphatic hydroxyl groups excluding tert-OH is 1.